The van der Waals surface area contributed by atoms with Crippen molar-refractivity contribution in [3.05, 3.63) is 155 Å². The minimum atomic E-state index is -0.715. The summed E-state index contributed by atoms with van der Waals surface area (Å²) in [5.41, 5.74) is 5.17. The number of ether oxygens (including phenoxy) is 3. The van der Waals surface area contributed by atoms with E-state index in [1.54, 1.807) is 6.07 Å². The highest BCUT2D eigenvalue weighted by atomic mass is 16.5. The molecule has 212 valence electrons. The smallest absolute Gasteiger partial charge is 0.338 e. The van der Waals surface area contributed by atoms with Gasteiger partial charge in [-0.15, -0.1) is 0 Å². The van der Waals surface area contributed by atoms with E-state index in [4.69, 9.17) is 14.2 Å². The SMILES string of the molecule is CC(C)=CCOCc1ccccc1C(=O)OCCCCCOC(c1ccccc1)(c1ccccc1)c1ccccc1. The highest BCUT2D eigenvalue weighted by Gasteiger charge is 2.37. The summed E-state index contributed by atoms with van der Waals surface area (Å²) in [5, 5.41) is 0. The normalized spacial score (nSPS) is 11.2. The first-order chi connectivity index (χ1) is 20.1. The van der Waals surface area contributed by atoms with Crippen molar-refractivity contribution in [3.8, 4) is 0 Å². The van der Waals surface area contributed by atoms with Crippen LogP contribution in [0.4, 0.5) is 0 Å². The molecule has 4 rings (SSSR count). The summed E-state index contributed by atoms with van der Waals surface area (Å²) < 4.78 is 18.2. The van der Waals surface area contributed by atoms with Gasteiger partial charge in [0.25, 0.3) is 0 Å². The number of carbonyl (C=O) groups is 1. The van der Waals surface area contributed by atoms with Gasteiger partial charge in [0, 0.05) is 6.61 Å². The van der Waals surface area contributed by atoms with E-state index in [0.717, 1.165) is 41.5 Å². The molecule has 0 saturated heterocycles. The molecule has 0 aliphatic heterocycles. The van der Waals surface area contributed by atoms with Gasteiger partial charge in [0.1, 0.15) is 5.60 Å². The molecular formula is C37H40O4. The van der Waals surface area contributed by atoms with Gasteiger partial charge in [-0.25, -0.2) is 4.79 Å². The number of allylic oxidation sites excluding steroid dienone is 1. The third-order valence-electron chi connectivity index (χ3n) is 6.99. The molecule has 0 atom stereocenters. The fourth-order valence-corrected chi connectivity index (χ4v) is 4.86. The molecule has 0 aromatic heterocycles. The summed E-state index contributed by atoms with van der Waals surface area (Å²) in [6.07, 6.45) is 4.52. The second kappa shape index (κ2) is 15.7. The largest absolute Gasteiger partial charge is 0.462 e. The molecule has 0 aliphatic carbocycles. The Labute approximate surface area is 244 Å². The van der Waals surface area contributed by atoms with Crippen molar-refractivity contribution in [2.75, 3.05) is 19.8 Å². The molecule has 0 saturated carbocycles. The summed E-state index contributed by atoms with van der Waals surface area (Å²) in [7, 11) is 0. The Morgan fingerprint density at radius 3 is 1.73 bits per heavy atom. The molecule has 0 aliphatic rings. The molecular weight excluding hydrogens is 508 g/mol. The zero-order chi connectivity index (χ0) is 28.8. The molecule has 0 N–H and O–H groups in total. The first-order valence-electron chi connectivity index (χ1n) is 14.4. The second-order valence-electron chi connectivity index (χ2n) is 10.3. The molecule has 4 aromatic carbocycles. The summed E-state index contributed by atoms with van der Waals surface area (Å²) >= 11 is 0. The molecule has 0 unspecified atom stereocenters. The molecule has 0 radical (unpaired) electrons. The maximum atomic E-state index is 12.8. The Bertz CT molecular complexity index is 1260. The van der Waals surface area contributed by atoms with Crippen molar-refractivity contribution in [1.82, 2.24) is 0 Å². The third-order valence-corrected chi connectivity index (χ3v) is 6.99. The Balaban J connectivity index is 1.33. The third kappa shape index (κ3) is 8.26. The number of hydrogen-bond acceptors (Lipinski definition) is 4. The lowest BCUT2D eigenvalue weighted by atomic mass is 9.80. The van der Waals surface area contributed by atoms with Gasteiger partial charge in [-0.2, -0.15) is 0 Å². The fourth-order valence-electron chi connectivity index (χ4n) is 4.86. The number of benzene rings is 4. The van der Waals surface area contributed by atoms with Crippen LogP contribution in [-0.4, -0.2) is 25.8 Å². The number of rotatable bonds is 15. The zero-order valence-electron chi connectivity index (χ0n) is 24.1. The Morgan fingerprint density at radius 2 is 1.17 bits per heavy atom. The maximum absolute atomic E-state index is 12.8. The average Bonchev–Trinajstić information content (AvgIpc) is 3.02. The summed E-state index contributed by atoms with van der Waals surface area (Å²) in [6.45, 7) is 5.90. The van der Waals surface area contributed by atoms with Gasteiger partial charge < -0.3 is 14.2 Å². The number of esters is 1. The lowest BCUT2D eigenvalue weighted by Crippen LogP contribution is -2.33. The van der Waals surface area contributed by atoms with E-state index in [0.29, 0.717) is 32.0 Å². The first-order valence-corrected chi connectivity index (χ1v) is 14.4. The zero-order valence-corrected chi connectivity index (χ0v) is 24.1. The van der Waals surface area contributed by atoms with E-state index in [-0.39, 0.29) is 5.97 Å². The van der Waals surface area contributed by atoms with Crippen LogP contribution < -0.4 is 0 Å². The lowest BCUT2D eigenvalue weighted by molar-refractivity contribution is 0.00992. The van der Waals surface area contributed by atoms with Crippen molar-refractivity contribution in [3.63, 3.8) is 0 Å². The van der Waals surface area contributed by atoms with Crippen molar-refractivity contribution in [1.29, 1.82) is 0 Å². The number of carbonyl (C=O) groups excluding carboxylic acids is 1. The molecule has 4 aromatic rings. The monoisotopic (exact) mass is 548 g/mol. The van der Waals surface area contributed by atoms with Gasteiger partial charge in [-0.3, -0.25) is 0 Å². The Kier molecular flexibility index (Phi) is 11.5. The van der Waals surface area contributed by atoms with Crippen molar-refractivity contribution in [2.45, 2.75) is 45.3 Å². The molecule has 0 spiro atoms. The van der Waals surface area contributed by atoms with E-state index in [1.807, 2.05) is 56.3 Å². The van der Waals surface area contributed by atoms with Crippen LogP contribution in [0.2, 0.25) is 0 Å². The van der Waals surface area contributed by atoms with Crippen LogP contribution >= 0.6 is 0 Å². The summed E-state index contributed by atoms with van der Waals surface area (Å²) in [5.74, 6) is -0.307. The first kappa shape index (κ1) is 30.0. The second-order valence-corrected chi connectivity index (χ2v) is 10.3. The molecule has 0 amide bonds. The highest BCUT2D eigenvalue weighted by molar-refractivity contribution is 5.91. The van der Waals surface area contributed by atoms with Gasteiger partial charge in [0.2, 0.25) is 0 Å². The standard InChI is InChI=1S/C37H40O4/c1-30(2)25-28-39-29-31-17-13-14-24-35(31)36(38)40-26-15-6-16-27-41-37(32-18-7-3-8-19-32,33-20-9-4-10-21-33)34-22-11-5-12-23-34/h3-5,7-14,17-25H,6,15-16,26-29H2,1-2H3. The van der Waals surface area contributed by atoms with Crippen molar-refractivity contribution >= 4 is 5.97 Å². The van der Waals surface area contributed by atoms with Crippen LogP contribution in [0.5, 0.6) is 0 Å². The Morgan fingerprint density at radius 1 is 0.659 bits per heavy atom. The van der Waals surface area contributed by atoms with E-state index < -0.39 is 5.60 Å². The van der Waals surface area contributed by atoms with E-state index in [2.05, 4.69) is 72.8 Å². The fraction of sp³-hybridized carbons (Fsp3) is 0.270. The van der Waals surface area contributed by atoms with E-state index in [9.17, 15) is 4.79 Å². The van der Waals surface area contributed by atoms with Crippen molar-refractivity contribution in [2.24, 2.45) is 0 Å². The van der Waals surface area contributed by atoms with Crippen LogP contribution in [0.15, 0.2) is 127 Å². The topological polar surface area (TPSA) is 44.8 Å². The van der Waals surface area contributed by atoms with E-state index >= 15 is 0 Å². The van der Waals surface area contributed by atoms with Gasteiger partial charge in [0.05, 0.1) is 25.4 Å². The van der Waals surface area contributed by atoms with Crippen molar-refractivity contribution < 1.29 is 19.0 Å². The van der Waals surface area contributed by atoms with Gasteiger partial charge in [-0.1, -0.05) is 121 Å². The molecule has 0 heterocycles. The van der Waals surface area contributed by atoms with Gasteiger partial charge in [0.15, 0.2) is 0 Å². The molecule has 41 heavy (non-hydrogen) atoms. The Hall–Kier alpha value is -3.99. The summed E-state index contributed by atoms with van der Waals surface area (Å²) in [4.78, 5) is 12.8. The molecule has 0 fully saturated rings. The average molecular weight is 549 g/mol. The quantitative estimate of drug-likeness (QED) is 0.0647. The van der Waals surface area contributed by atoms with Crippen LogP contribution in [-0.2, 0) is 26.4 Å². The van der Waals surface area contributed by atoms with Crippen LogP contribution in [0.25, 0.3) is 0 Å². The number of hydrogen-bond donors (Lipinski definition) is 0. The highest BCUT2D eigenvalue weighted by Crippen LogP contribution is 2.40. The number of unbranched alkanes of at least 4 members (excludes halogenated alkanes) is 2. The van der Waals surface area contributed by atoms with E-state index in [1.165, 1.54) is 5.57 Å². The molecule has 4 nitrogen and oxygen atoms in total. The summed E-state index contributed by atoms with van der Waals surface area (Å²) in [6, 6.07) is 38.7. The van der Waals surface area contributed by atoms with Crippen LogP contribution in [0, 0.1) is 0 Å². The molecule has 0 bridgehead atoms. The lowest BCUT2D eigenvalue weighted by Gasteiger charge is -2.36. The molecule has 4 heteroatoms. The van der Waals surface area contributed by atoms with Crippen LogP contribution in [0.3, 0.4) is 0 Å². The van der Waals surface area contributed by atoms with Gasteiger partial charge >= 0.3 is 5.97 Å². The minimum Gasteiger partial charge on any atom is -0.462 e. The van der Waals surface area contributed by atoms with Gasteiger partial charge in [-0.05, 0) is 61.4 Å². The van der Waals surface area contributed by atoms with Crippen LogP contribution in [0.1, 0.15) is 65.7 Å². The predicted molar refractivity (Wildman–Crippen MR) is 165 cm³/mol. The minimum absolute atomic E-state index is 0.307. The predicted octanol–water partition coefficient (Wildman–Crippen LogP) is 8.51. The maximum Gasteiger partial charge on any atom is 0.338 e.